The lowest BCUT2D eigenvalue weighted by molar-refractivity contribution is -0.140. The van der Waals surface area contributed by atoms with Crippen molar-refractivity contribution in [3.63, 3.8) is 0 Å². The molecule has 1 unspecified atom stereocenters. The highest BCUT2D eigenvalue weighted by Gasteiger charge is 2.25. The molecule has 0 spiro atoms. The lowest BCUT2D eigenvalue weighted by Gasteiger charge is -2.24. The van der Waals surface area contributed by atoms with Crippen molar-refractivity contribution < 1.29 is 18.7 Å². The smallest absolute Gasteiger partial charge is 0.256 e. The normalized spacial score (nSPS) is 17.0. The number of amides is 1. The van der Waals surface area contributed by atoms with Crippen LogP contribution in [0.15, 0.2) is 48.5 Å². The Labute approximate surface area is 151 Å². The second kappa shape index (κ2) is 8.38. The third-order valence-electron chi connectivity index (χ3n) is 4.64. The highest BCUT2D eigenvalue weighted by atomic mass is 19.1. The maximum atomic E-state index is 13.0. The van der Waals surface area contributed by atoms with E-state index in [4.69, 9.17) is 0 Å². The average Bonchev–Trinajstić information content (AvgIpc) is 2.89. The predicted octanol–water partition coefficient (Wildman–Crippen LogP) is 2.73. The summed E-state index contributed by atoms with van der Waals surface area (Å²) in [6.45, 7) is 3.28. The number of carbonyl (C=O) groups excluding carboxylic acids is 1. The van der Waals surface area contributed by atoms with Gasteiger partial charge in [-0.15, -0.1) is 0 Å². The average molecular weight is 360 g/mol. The van der Waals surface area contributed by atoms with Gasteiger partial charge < -0.3 is 10.0 Å². The van der Waals surface area contributed by atoms with E-state index in [-0.39, 0.29) is 11.7 Å². The van der Waals surface area contributed by atoms with Gasteiger partial charge in [-0.1, -0.05) is 24.3 Å². The SMILES string of the molecule is O=C(C(O)c1ccc(F)cc1)N1CCCN(Cc2ccc(F)cc2)CC1. The van der Waals surface area contributed by atoms with Crippen LogP contribution < -0.4 is 0 Å². The van der Waals surface area contributed by atoms with Gasteiger partial charge in [0.25, 0.3) is 5.91 Å². The topological polar surface area (TPSA) is 43.8 Å². The number of aliphatic hydroxyl groups is 1. The fraction of sp³-hybridized carbons (Fsp3) is 0.350. The Kier molecular flexibility index (Phi) is 5.96. The van der Waals surface area contributed by atoms with Crippen LogP contribution in [0, 0.1) is 11.6 Å². The van der Waals surface area contributed by atoms with Crippen LogP contribution in [0.2, 0.25) is 0 Å². The second-order valence-electron chi connectivity index (χ2n) is 6.54. The van der Waals surface area contributed by atoms with Gasteiger partial charge in [0.15, 0.2) is 6.10 Å². The summed E-state index contributed by atoms with van der Waals surface area (Å²) in [7, 11) is 0. The van der Waals surface area contributed by atoms with Gasteiger partial charge in [0, 0.05) is 32.7 Å². The predicted molar refractivity (Wildman–Crippen MR) is 94.2 cm³/mol. The molecule has 1 saturated heterocycles. The van der Waals surface area contributed by atoms with Crippen molar-refractivity contribution in [2.45, 2.75) is 19.1 Å². The van der Waals surface area contributed by atoms with Crippen LogP contribution in [0.25, 0.3) is 0 Å². The van der Waals surface area contributed by atoms with Crippen LogP contribution in [0.3, 0.4) is 0 Å². The fourth-order valence-electron chi connectivity index (χ4n) is 3.16. The maximum absolute atomic E-state index is 13.0. The summed E-state index contributed by atoms with van der Waals surface area (Å²) in [6, 6.07) is 11.7. The summed E-state index contributed by atoms with van der Waals surface area (Å²) in [5, 5.41) is 10.3. The molecule has 1 N–H and O–H groups in total. The quantitative estimate of drug-likeness (QED) is 0.912. The van der Waals surface area contributed by atoms with E-state index < -0.39 is 11.9 Å². The van der Waals surface area contributed by atoms with Crippen molar-refractivity contribution in [3.8, 4) is 0 Å². The van der Waals surface area contributed by atoms with E-state index in [2.05, 4.69) is 4.90 Å². The molecule has 138 valence electrons. The first kappa shape index (κ1) is 18.5. The highest BCUT2D eigenvalue weighted by Crippen LogP contribution is 2.18. The molecule has 1 aliphatic heterocycles. The first-order chi connectivity index (χ1) is 12.5. The third kappa shape index (κ3) is 4.65. The van der Waals surface area contributed by atoms with Gasteiger partial charge >= 0.3 is 0 Å². The zero-order valence-electron chi connectivity index (χ0n) is 14.4. The number of carbonyl (C=O) groups is 1. The minimum absolute atomic E-state index is 0.254. The number of hydrogen-bond acceptors (Lipinski definition) is 3. The molecule has 1 atom stereocenters. The van der Waals surface area contributed by atoms with Crippen molar-refractivity contribution in [1.82, 2.24) is 9.80 Å². The van der Waals surface area contributed by atoms with Crippen molar-refractivity contribution in [2.75, 3.05) is 26.2 Å². The monoisotopic (exact) mass is 360 g/mol. The van der Waals surface area contributed by atoms with Crippen LogP contribution in [0.1, 0.15) is 23.7 Å². The number of nitrogens with zero attached hydrogens (tertiary/aromatic N) is 2. The first-order valence-electron chi connectivity index (χ1n) is 8.72. The summed E-state index contributed by atoms with van der Waals surface area (Å²) in [4.78, 5) is 16.4. The number of halogens is 2. The molecular weight excluding hydrogens is 338 g/mol. The summed E-state index contributed by atoms with van der Waals surface area (Å²) in [5.41, 5.74) is 1.42. The van der Waals surface area contributed by atoms with E-state index in [1.807, 2.05) is 0 Å². The molecule has 1 aliphatic rings. The molecule has 2 aromatic rings. The Morgan fingerprint density at radius 3 is 2.19 bits per heavy atom. The highest BCUT2D eigenvalue weighted by molar-refractivity contribution is 5.82. The van der Waals surface area contributed by atoms with Crippen molar-refractivity contribution in [1.29, 1.82) is 0 Å². The van der Waals surface area contributed by atoms with Crippen LogP contribution >= 0.6 is 0 Å². The van der Waals surface area contributed by atoms with E-state index in [0.717, 1.165) is 18.5 Å². The molecule has 0 radical (unpaired) electrons. The molecule has 0 aliphatic carbocycles. The third-order valence-corrected chi connectivity index (χ3v) is 4.64. The van der Waals surface area contributed by atoms with Gasteiger partial charge in [-0.25, -0.2) is 8.78 Å². The number of hydrogen-bond donors (Lipinski definition) is 1. The number of benzene rings is 2. The van der Waals surface area contributed by atoms with Crippen LogP contribution in [-0.4, -0.2) is 47.0 Å². The Balaban J connectivity index is 1.58. The minimum atomic E-state index is -1.28. The summed E-state index contributed by atoms with van der Waals surface area (Å²) >= 11 is 0. The molecular formula is C20H22F2N2O2. The van der Waals surface area contributed by atoms with E-state index in [1.54, 1.807) is 17.0 Å². The Morgan fingerprint density at radius 1 is 0.923 bits per heavy atom. The molecule has 0 saturated carbocycles. The molecule has 26 heavy (non-hydrogen) atoms. The fourth-order valence-corrected chi connectivity index (χ4v) is 3.16. The Hall–Kier alpha value is -2.31. The number of rotatable bonds is 4. The zero-order valence-corrected chi connectivity index (χ0v) is 14.4. The molecule has 1 fully saturated rings. The lowest BCUT2D eigenvalue weighted by atomic mass is 10.1. The van der Waals surface area contributed by atoms with E-state index in [1.165, 1.54) is 36.4 Å². The van der Waals surface area contributed by atoms with Crippen molar-refractivity contribution >= 4 is 5.91 Å². The van der Waals surface area contributed by atoms with E-state index >= 15 is 0 Å². The van der Waals surface area contributed by atoms with Crippen LogP contribution in [-0.2, 0) is 11.3 Å². The van der Waals surface area contributed by atoms with Gasteiger partial charge in [0.1, 0.15) is 11.6 Å². The molecule has 4 nitrogen and oxygen atoms in total. The molecule has 0 bridgehead atoms. The second-order valence-corrected chi connectivity index (χ2v) is 6.54. The van der Waals surface area contributed by atoms with E-state index in [0.29, 0.717) is 31.7 Å². The van der Waals surface area contributed by atoms with Gasteiger partial charge in [-0.2, -0.15) is 0 Å². The van der Waals surface area contributed by atoms with Gasteiger partial charge in [-0.05, 0) is 41.8 Å². The molecule has 1 heterocycles. The summed E-state index contributed by atoms with van der Waals surface area (Å²) < 4.78 is 26.0. The largest absolute Gasteiger partial charge is 0.378 e. The van der Waals surface area contributed by atoms with Crippen LogP contribution in [0.5, 0.6) is 0 Å². The molecule has 2 aromatic carbocycles. The van der Waals surface area contributed by atoms with Gasteiger partial charge in [0.2, 0.25) is 0 Å². The first-order valence-corrected chi connectivity index (χ1v) is 8.72. The van der Waals surface area contributed by atoms with Gasteiger partial charge in [-0.3, -0.25) is 9.69 Å². The molecule has 3 rings (SSSR count). The van der Waals surface area contributed by atoms with E-state index in [9.17, 15) is 18.7 Å². The summed E-state index contributed by atoms with van der Waals surface area (Å²) in [5.74, 6) is -1.02. The molecule has 1 amide bonds. The standard InChI is InChI=1S/C20H22F2N2O2/c21-17-6-2-15(3-7-17)14-23-10-1-11-24(13-12-23)20(26)19(25)16-4-8-18(22)9-5-16/h2-9,19,25H,1,10-14H2. The number of aliphatic hydroxyl groups excluding tert-OH is 1. The van der Waals surface area contributed by atoms with Crippen LogP contribution in [0.4, 0.5) is 8.78 Å². The Morgan fingerprint density at radius 2 is 1.54 bits per heavy atom. The molecule has 6 heteroatoms. The minimum Gasteiger partial charge on any atom is -0.378 e. The molecule has 0 aromatic heterocycles. The van der Waals surface area contributed by atoms with Crippen molar-refractivity contribution in [3.05, 3.63) is 71.3 Å². The maximum Gasteiger partial charge on any atom is 0.256 e. The summed E-state index contributed by atoms with van der Waals surface area (Å²) in [6.07, 6.45) is -0.484. The lowest BCUT2D eigenvalue weighted by Crippen LogP contribution is -2.38. The van der Waals surface area contributed by atoms with Gasteiger partial charge in [0.05, 0.1) is 0 Å². The van der Waals surface area contributed by atoms with Crippen molar-refractivity contribution in [2.24, 2.45) is 0 Å². The zero-order chi connectivity index (χ0) is 18.5. The Bertz CT molecular complexity index is 734.